The van der Waals surface area contributed by atoms with Gasteiger partial charge in [-0.3, -0.25) is 0 Å². The first-order valence-corrected chi connectivity index (χ1v) is 4.77. The van der Waals surface area contributed by atoms with E-state index in [4.69, 9.17) is 10.00 Å². The van der Waals surface area contributed by atoms with Crippen LogP contribution in [0.4, 0.5) is 13.2 Å². The van der Waals surface area contributed by atoms with Gasteiger partial charge in [-0.25, -0.2) is 0 Å². The number of nitrogens with zero attached hydrogens (tertiary/aromatic N) is 2. The van der Waals surface area contributed by atoms with Crippen LogP contribution in [0.25, 0.3) is 0 Å². The zero-order valence-corrected chi connectivity index (χ0v) is 9.36. The molecule has 0 N–H and O–H groups in total. The Labute approximate surface area is 101 Å². The highest BCUT2D eigenvalue weighted by Gasteiger charge is 2.28. The van der Waals surface area contributed by atoms with Gasteiger partial charge in [-0.15, -0.1) is 0 Å². The van der Waals surface area contributed by atoms with E-state index in [2.05, 4.69) is 9.99 Å². The number of benzene rings is 1. The molecule has 0 amide bonds. The fourth-order valence-electron chi connectivity index (χ4n) is 1.06. The largest absolute Gasteiger partial charge is 0.497 e. The Kier molecular flexibility index (Phi) is 4.54. The second kappa shape index (κ2) is 5.91. The summed E-state index contributed by atoms with van der Waals surface area (Å²) >= 11 is 0. The van der Waals surface area contributed by atoms with E-state index in [1.807, 2.05) is 0 Å². The molecule has 0 heterocycles. The topological polar surface area (TPSA) is 54.6 Å². The lowest BCUT2D eigenvalue weighted by atomic mass is 10.1. The van der Waals surface area contributed by atoms with Gasteiger partial charge in [-0.1, -0.05) is 5.16 Å². The zero-order chi connectivity index (χ0) is 13.6. The van der Waals surface area contributed by atoms with Crippen molar-refractivity contribution in [2.75, 3.05) is 13.7 Å². The molecule has 0 saturated heterocycles. The van der Waals surface area contributed by atoms with Gasteiger partial charge in [0.15, 0.2) is 5.71 Å². The summed E-state index contributed by atoms with van der Waals surface area (Å²) in [6, 6.07) is 7.78. The Bertz CT molecular complexity index is 461. The smallest absolute Gasteiger partial charge is 0.425 e. The summed E-state index contributed by atoms with van der Waals surface area (Å²) in [5.41, 5.74) is 0.113. The van der Waals surface area contributed by atoms with Crippen molar-refractivity contribution in [3.05, 3.63) is 29.8 Å². The molecule has 4 nitrogen and oxygen atoms in total. The van der Waals surface area contributed by atoms with Crippen molar-refractivity contribution in [3.63, 3.8) is 0 Å². The van der Waals surface area contributed by atoms with Crippen LogP contribution in [0.15, 0.2) is 29.4 Å². The standard InChI is InChI=1S/C11H9F3N2O2/c1-17-9-4-2-8(3-5-9)10(6-15)16-18-7-11(12,13)14/h2-5H,7H2,1H3. The lowest BCUT2D eigenvalue weighted by Crippen LogP contribution is -2.15. The summed E-state index contributed by atoms with van der Waals surface area (Å²) < 4.78 is 40.4. The summed E-state index contributed by atoms with van der Waals surface area (Å²) in [5, 5.41) is 11.9. The molecule has 0 spiro atoms. The van der Waals surface area contributed by atoms with Crippen LogP contribution in [0.2, 0.25) is 0 Å². The normalized spacial score (nSPS) is 11.8. The maximum Gasteiger partial charge on any atom is 0.425 e. The Morgan fingerprint density at radius 2 is 1.94 bits per heavy atom. The monoisotopic (exact) mass is 258 g/mol. The van der Waals surface area contributed by atoms with Gasteiger partial charge in [0, 0.05) is 5.56 Å². The third-order valence-electron chi connectivity index (χ3n) is 1.85. The number of methoxy groups -OCH3 is 1. The number of hydrogen-bond donors (Lipinski definition) is 0. The van der Waals surface area contributed by atoms with Crippen molar-refractivity contribution in [2.24, 2.45) is 5.16 Å². The van der Waals surface area contributed by atoms with Gasteiger partial charge in [0.05, 0.1) is 7.11 Å². The van der Waals surface area contributed by atoms with E-state index in [0.717, 1.165) is 0 Å². The summed E-state index contributed by atoms with van der Waals surface area (Å²) in [5.74, 6) is 0.562. The molecule has 0 bridgehead atoms. The van der Waals surface area contributed by atoms with Crippen molar-refractivity contribution in [3.8, 4) is 11.8 Å². The number of oxime groups is 1. The molecule has 0 aliphatic heterocycles. The van der Waals surface area contributed by atoms with Crippen molar-refractivity contribution in [2.45, 2.75) is 6.18 Å². The molecule has 0 saturated carbocycles. The molecule has 18 heavy (non-hydrogen) atoms. The highest BCUT2D eigenvalue weighted by atomic mass is 19.4. The summed E-state index contributed by atoms with van der Waals surface area (Å²) in [7, 11) is 1.47. The van der Waals surface area contributed by atoms with Crippen LogP contribution in [0.5, 0.6) is 5.75 Å². The first-order chi connectivity index (χ1) is 8.46. The van der Waals surface area contributed by atoms with Crippen molar-refractivity contribution < 1.29 is 22.7 Å². The Balaban J connectivity index is 2.76. The molecular formula is C11H9F3N2O2. The van der Waals surface area contributed by atoms with Crippen LogP contribution in [-0.2, 0) is 4.84 Å². The van der Waals surface area contributed by atoms with E-state index in [1.165, 1.54) is 19.2 Å². The fraction of sp³-hybridized carbons (Fsp3) is 0.273. The highest BCUT2D eigenvalue weighted by Crippen LogP contribution is 2.15. The van der Waals surface area contributed by atoms with Gasteiger partial charge < -0.3 is 9.57 Å². The van der Waals surface area contributed by atoms with Crippen LogP contribution in [0.3, 0.4) is 0 Å². The van der Waals surface area contributed by atoms with Gasteiger partial charge in [0.2, 0.25) is 6.61 Å². The van der Waals surface area contributed by atoms with E-state index in [1.54, 1.807) is 18.2 Å². The van der Waals surface area contributed by atoms with Crippen LogP contribution in [0, 0.1) is 11.3 Å². The van der Waals surface area contributed by atoms with Crippen molar-refractivity contribution in [1.82, 2.24) is 0 Å². The second-order valence-electron chi connectivity index (χ2n) is 3.17. The highest BCUT2D eigenvalue weighted by molar-refractivity contribution is 6.11. The number of halogens is 3. The van der Waals surface area contributed by atoms with Crippen LogP contribution in [0.1, 0.15) is 5.56 Å². The summed E-state index contributed by atoms with van der Waals surface area (Å²) in [4.78, 5) is 4.07. The van der Waals surface area contributed by atoms with Gasteiger partial charge in [-0.2, -0.15) is 18.4 Å². The Hall–Kier alpha value is -2.23. The Morgan fingerprint density at radius 1 is 1.33 bits per heavy atom. The van der Waals surface area contributed by atoms with E-state index in [9.17, 15) is 13.2 Å². The minimum Gasteiger partial charge on any atom is -0.497 e. The van der Waals surface area contributed by atoms with E-state index in [0.29, 0.717) is 11.3 Å². The second-order valence-corrected chi connectivity index (χ2v) is 3.17. The Morgan fingerprint density at radius 3 is 2.39 bits per heavy atom. The minimum absolute atomic E-state index is 0.234. The lowest BCUT2D eigenvalue weighted by Gasteiger charge is -2.04. The molecule has 1 aromatic carbocycles. The molecule has 7 heteroatoms. The van der Waals surface area contributed by atoms with Crippen molar-refractivity contribution in [1.29, 1.82) is 5.26 Å². The molecule has 0 unspecified atom stereocenters. The average molecular weight is 258 g/mol. The van der Waals surface area contributed by atoms with E-state index in [-0.39, 0.29) is 5.71 Å². The summed E-state index contributed by atoms with van der Waals surface area (Å²) in [6.45, 7) is -1.53. The van der Waals surface area contributed by atoms with Gasteiger partial charge in [-0.05, 0) is 24.3 Å². The zero-order valence-electron chi connectivity index (χ0n) is 9.36. The van der Waals surface area contributed by atoms with E-state index < -0.39 is 12.8 Å². The quantitative estimate of drug-likeness (QED) is 0.616. The molecule has 0 aliphatic rings. The predicted molar refractivity (Wildman–Crippen MR) is 57.2 cm³/mol. The van der Waals surface area contributed by atoms with Gasteiger partial charge >= 0.3 is 6.18 Å². The van der Waals surface area contributed by atoms with Crippen LogP contribution in [-0.4, -0.2) is 25.6 Å². The number of alkyl halides is 3. The molecule has 0 aromatic heterocycles. The minimum atomic E-state index is -4.48. The SMILES string of the molecule is COc1ccc(C(C#N)=NOCC(F)(F)F)cc1. The number of ether oxygens (including phenoxy) is 1. The molecule has 1 aromatic rings. The molecular weight excluding hydrogens is 249 g/mol. The maximum atomic E-state index is 11.8. The number of nitriles is 1. The third kappa shape index (κ3) is 4.33. The van der Waals surface area contributed by atoms with Gasteiger partial charge in [0.25, 0.3) is 0 Å². The predicted octanol–water partition coefficient (Wildman–Crippen LogP) is 2.50. The molecule has 0 radical (unpaired) electrons. The number of hydrogen-bond acceptors (Lipinski definition) is 4. The first kappa shape index (κ1) is 13.8. The molecule has 0 fully saturated rings. The molecule has 1 rings (SSSR count). The van der Waals surface area contributed by atoms with Crippen LogP contribution >= 0.6 is 0 Å². The van der Waals surface area contributed by atoms with Crippen molar-refractivity contribution >= 4 is 5.71 Å². The van der Waals surface area contributed by atoms with Crippen LogP contribution < -0.4 is 4.74 Å². The third-order valence-corrected chi connectivity index (χ3v) is 1.85. The fourth-order valence-corrected chi connectivity index (χ4v) is 1.06. The molecule has 96 valence electrons. The first-order valence-electron chi connectivity index (χ1n) is 4.77. The lowest BCUT2D eigenvalue weighted by molar-refractivity contribution is -0.173. The number of rotatable bonds is 4. The molecule has 0 aliphatic carbocycles. The molecule has 0 atom stereocenters. The van der Waals surface area contributed by atoms with Gasteiger partial charge in [0.1, 0.15) is 11.8 Å². The summed E-state index contributed by atoms with van der Waals surface area (Å²) in [6.07, 6.45) is -4.48. The average Bonchev–Trinajstić information content (AvgIpc) is 2.34. The maximum absolute atomic E-state index is 11.8. The van der Waals surface area contributed by atoms with E-state index >= 15 is 0 Å².